The predicted octanol–water partition coefficient (Wildman–Crippen LogP) is 7.10. The fourth-order valence-electron chi connectivity index (χ4n) is 3.48. The summed E-state index contributed by atoms with van der Waals surface area (Å²) in [5.41, 5.74) is 2.11. The van der Waals surface area contributed by atoms with Crippen LogP contribution in [0.2, 0.25) is 0 Å². The molecule has 0 bridgehead atoms. The number of thiophene rings is 1. The van der Waals surface area contributed by atoms with Crippen molar-refractivity contribution in [1.29, 1.82) is 0 Å². The van der Waals surface area contributed by atoms with Gasteiger partial charge in [0.2, 0.25) is 0 Å². The SMILES string of the molecule is CC(=O)/C=C(/C)O.[Ir].[c-]1ccc2c(sc3ccccc32)c1-c1nccc2ccccc12. The summed E-state index contributed by atoms with van der Waals surface area (Å²) in [4.78, 5) is 14.7. The zero-order valence-electron chi connectivity index (χ0n) is 17.0. The third kappa shape index (κ3) is 4.91. The molecule has 0 saturated heterocycles. The summed E-state index contributed by atoms with van der Waals surface area (Å²) < 4.78 is 2.57. The first-order chi connectivity index (χ1) is 14.5. The summed E-state index contributed by atoms with van der Waals surface area (Å²) in [6, 6.07) is 26.6. The number of carbonyl (C=O) groups is 1. The van der Waals surface area contributed by atoms with Crippen molar-refractivity contribution >= 4 is 48.1 Å². The molecule has 0 amide bonds. The van der Waals surface area contributed by atoms with E-state index in [2.05, 4.69) is 71.7 Å². The normalized spacial score (nSPS) is 11.1. The molecule has 0 spiro atoms. The second-order valence-electron chi connectivity index (χ2n) is 6.97. The first-order valence-electron chi connectivity index (χ1n) is 9.58. The van der Waals surface area contributed by atoms with Crippen LogP contribution in [0.25, 0.3) is 42.2 Å². The van der Waals surface area contributed by atoms with Crippen LogP contribution < -0.4 is 0 Å². The van der Waals surface area contributed by atoms with Crippen molar-refractivity contribution in [3.63, 3.8) is 0 Å². The van der Waals surface area contributed by atoms with Crippen LogP contribution in [0.4, 0.5) is 0 Å². The predicted molar refractivity (Wildman–Crippen MR) is 126 cm³/mol. The fraction of sp³-hybridized carbons (Fsp3) is 0.0769. The van der Waals surface area contributed by atoms with Gasteiger partial charge in [-0.25, -0.2) is 0 Å². The minimum atomic E-state index is -0.125. The van der Waals surface area contributed by atoms with Gasteiger partial charge in [0.25, 0.3) is 0 Å². The van der Waals surface area contributed by atoms with E-state index in [0.29, 0.717) is 0 Å². The molecule has 5 heteroatoms. The second kappa shape index (κ2) is 9.97. The smallest absolute Gasteiger partial charge is 0.155 e. The van der Waals surface area contributed by atoms with E-state index < -0.39 is 0 Å². The molecule has 0 saturated carbocycles. The van der Waals surface area contributed by atoms with E-state index in [-0.39, 0.29) is 31.6 Å². The number of aliphatic hydroxyl groups excluding tert-OH is 1. The third-order valence-corrected chi connectivity index (χ3v) is 5.87. The minimum absolute atomic E-state index is 0. The number of allylic oxidation sites excluding steroid dienone is 2. The number of benzene rings is 3. The number of ketones is 1. The Morgan fingerprint density at radius 3 is 2.39 bits per heavy atom. The average Bonchev–Trinajstić information content (AvgIpc) is 3.12. The van der Waals surface area contributed by atoms with Gasteiger partial charge in [-0.3, -0.25) is 4.79 Å². The maximum absolute atomic E-state index is 10.0. The van der Waals surface area contributed by atoms with Crippen LogP contribution in [0.1, 0.15) is 13.8 Å². The molecule has 1 N–H and O–H groups in total. The van der Waals surface area contributed by atoms with E-state index in [4.69, 9.17) is 5.11 Å². The van der Waals surface area contributed by atoms with Gasteiger partial charge in [-0.2, -0.15) is 11.3 Å². The number of carbonyl (C=O) groups excluding carboxylic acids is 1. The van der Waals surface area contributed by atoms with Gasteiger partial charge in [0.1, 0.15) is 0 Å². The van der Waals surface area contributed by atoms with Crippen molar-refractivity contribution in [2.45, 2.75) is 13.8 Å². The van der Waals surface area contributed by atoms with Crippen LogP contribution in [-0.2, 0) is 24.9 Å². The Balaban J connectivity index is 0.000000299. The van der Waals surface area contributed by atoms with Crippen LogP contribution in [0.15, 0.2) is 84.8 Å². The molecule has 3 aromatic carbocycles. The van der Waals surface area contributed by atoms with Gasteiger partial charge in [-0.15, -0.1) is 23.8 Å². The Kier molecular flexibility index (Phi) is 7.34. The largest absolute Gasteiger partial charge is 0.512 e. The average molecular weight is 603 g/mol. The van der Waals surface area contributed by atoms with Gasteiger partial charge in [0.05, 0.1) is 5.76 Å². The second-order valence-corrected chi connectivity index (χ2v) is 8.02. The van der Waals surface area contributed by atoms with Gasteiger partial charge in [-0.1, -0.05) is 47.9 Å². The Labute approximate surface area is 198 Å². The zero-order chi connectivity index (χ0) is 21.1. The number of rotatable bonds is 2. The molecule has 0 aliphatic rings. The summed E-state index contributed by atoms with van der Waals surface area (Å²) in [6.45, 7) is 2.85. The van der Waals surface area contributed by atoms with Crippen molar-refractivity contribution in [2.75, 3.05) is 0 Å². The first-order valence-corrected chi connectivity index (χ1v) is 10.4. The molecule has 5 rings (SSSR count). The molecule has 0 atom stereocenters. The van der Waals surface area contributed by atoms with E-state index in [1.165, 1.54) is 50.9 Å². The molecule has 31 heavy (non-hydrogen) atoms. The Morgan fingerprint density at radius 1 is 0.968 bits per heavy atom. The van der Waals surface area contributed by atoms with Crippen molar-refractivity contribution in [1.82, 2.24) is 4.98 Å². The Morgan fingerprint density at radius 2 is 1.68 bits per heavy atom. The summed E-state index contributed by atoms with van der Waals surface area (Å²) in [5, 5.41) is 13.3. The van der Waals surface area contributed by atoms with Gasteiger partial charge < -0.3 is 10.1 Å². The zero-order valence-corrected chi connectivity index (χ0v) is 20.3. The molecule has 1 radical (unpaired) electrons. The summed E-state index contributed by atoms with van der Waals surface area (Å²) in [6.07, 6.45) is 3.05. The van der Waals surface area contributed by atoms with E-state index >= 15 is 0 Å². The van der Waals surface area contributed by atoms with Crippen LogP contribution in [-0.4, -0.2) is 15.9 Å². The van der Waals surface area contributed by atoms with Crippen molar-refractivity contribution in [2.24, 2.45) is 0 Å². The van der Waals surface area contributed by atoms with Crippen molar-refractivity contribution < 1.29 is 30.0 Å². The Hall–Kier alpha value is -2.85. The number of aromatic nitrogens is 1. The quantitative estimate of drug-likeness (QED) is 0.133. The monoisotopic (exact) mass is 603 g/mol. The van der Waals surface area contributed by atoms with Crippen molar-refractivity contribution in [3.05, 3.63) is 90.8 Å². The molecule has 0 aliphatic carbocycles. The van der Waals surface area contributed by atoms with E-state index in [1.807, 2.05) is 23.6 Å². The molecule has 2 aromatic heterocycles. The summed E-state index contributed by atoms with van der Waals surface area (Å²) in [7, 11) is 0. The number of aliphatic hydroxyl groups is 1. The molecule has 0 aliphatic heterocycles. The minimum Gasteiger partial charge on any atom is -0.512 e. The van der Waals surface area contributed by atoms with E-state index in [9.17, 15) is 4.79 Å². The van der Waals surface area contributed by atoms with Crippen LogP contribution in [0, 0.1) is 6.07 Å². The van der Waals surface area contributed by atoms with Crippen molar-refractivity contribution in [3.8, 4) is 11.3 Å². The molecule has 157 valence electrons. The molecular formula is C26H20IrNO2S-. The van der Waals surface area contributed by atoms with Crippen LogP contribution >= 0.6 is 11.3 Å². The van der Waals surface area contributed by atoms with Crippen LogP contribution in [0.5, 0.6) is 0 Å². The van der Waals surface area contributed by atoms with Gasteiger partial charge in [0.15, 0.2) is 5.78 Å². The maximum Gasteiger partial charge on any atom is 0.155 e. The molecule has 3 nitrogen and oxygen atoms in total. The molecule has 0 unspecified atom stereocenters. The topological polar surface area (TPSA) is 50.2 Å². The number of fused-ring (bicyclic) bond motifs is 4. The maximum atomic E-state index is 10.0. The standard InChI is InChI=1S/C21H12NS.C5H8O2.Ir/c1-2-7-15-14(6-1)12-13-22-20(15)18-10-5-9-17-16-8-3-4-11-19(16)23-21(17)18;1-4(6)3-5(2)7;/h1-9,11-13H;3,6H,1-2H3;/q-1;;/b;4-3-;. The van der Waals surface area contributed by atoms with Gasteiger partial charge >= 0.3 is 0 Å². The van der Waals surface area contributed by atoms with Gasteiger partial charge in [0, 0.05) is 37.1 Å². The molecule has 5 aromatic rings. The molecule has 2 heterocycles. The molecule has 0 fully saturated rings. The van der Waals surface area contributed by atoms with Crippen LogP contribution in [0.3, 0.4) is 0 Å². The number of hydrogen-bond acceptors (Lipinski definition) is 4. The number of nitrogens with zero attached hydrogens (tertiary/aromatic N) is 1. The third-order valence-electron chi connectivity index (χ3n) is 4.66. The number of hydrogen-bond donors (Lipinski definition) is 1. The first kappa shape index (κ1) is 22.8. The van der Waals surface area contributed by atoms with E-state index in [1.54, 1.807) is 0 Å². The van der Waals surface area contributed by atoms with Gasteiger partial charge in [-0.05, 0) is 52.5 Å². The summed E-state index contributed by atoms with van der Waals surface area (Å²) >= 11 is 1.82. The molecular weight excluding hydrogens is 583 g/mol. The fourth-order valence-corrected chi connectivity index (χ4v) is 4.68. The summed E-state index contributed by atoms with van der Waals surface area (Å²) in [5.74, 6) is -0.0625. The van der Waals surface area contributed by atoms with E-state index in [0.717, 1.165) is 11.3 Å². The number of pyridine rings is 1. The Bertz CT molecular complexity index is 1400.